The van der Waals surface area contributed by atoms with E-state index in [-0.39, 0.29) is 0 Å². The maximum absolute atomic E-state index is 12.3. The predicted octanol–water partition coefficient (Wildman–Crippen LogP) is 6.94. The van der Waals surface area contributed by atoms with Crippen LogP contribution in [-0.4, -0.2) is 10.5 Å². The minimum absolute atomic E-state index is 0.402. The average Bonchev–Trinajstić information content (AvgIpc) is 3.14. The minimum atomic E-state index is -0.402. The molecule has 0 aliphatic carbocycles. The Kier molecular flexibility index (Phi) is 5.63. The molecule has 5 rings (SSSR count). The van der Waals surface area contributed by atoms with Gasteiger partial charge in [-0.2, -0.15) is 0 Å². The molecule has 0 unspecified atom stereocenters. The van der Waals surface area contributed by atoms with Gasteiger partial charge in [0.15, 0.2) is 0 Å². The second kappa shape index (κ2) is 8.74. The molecule has 165 valence electrons. The fraction of sp³-hybridized carbons (Fsp3) is 0.233. The first-order chi connectivity index (χ1) is 16.1. The highest BCUT2D eigenvalue weighted by atomic mass is 16.1. The molecule has 1 radical (unpaired) electrons. The Labute approximate surface area is 194 Å². The Morgan fingerprint density at radius 3 is 2.58 bits per heavy atom. The first-order valence-electron chi connectivity index (χ1n) is 11.8. The Morgan fingerprint density at radius 2 is 1.79 bits per heavy atom. The van der Waals surface area contributed by atoms with Crippen LogP contribution < -0.4 is 5.73 Å². The molecule has 0 saturated carbocycles. The Hall–Kier alpha value is -3.59. The van der Waals surface area contributed by atoms with E-state index in [2.05, 4.69) is 79.1 Å². The van der Waals surface area contributed by atoms with Crippen LogP contribution >= 0.6 is 0 Å². The van der Waals surface area contributed by atoms with Gasteiger partial charge < -0.3 is 10.3 Å². The second-order valence-corrected chi connectivity index (χ2v) is 8.96. The van der Waals surface area contributed by atoms with Crippen LogP contribution in [0.1, 0.15) is 53.2 Å². The third kappa shape index (κ3) is 3.78. The normalized spacial score (nSPS) is 11.6. The summed E-state index contributed by atoms with van der Waals surface area (Å²) in [7, 11) is 0. The lowest BCUT2D eigenvalue weighted by atomic mass is 10.00. The fourth-order valence-electron chi connectivity index (χ4n) is 5.02. The second-order valence-electron chi connectivity index (χ2n) is 8.96. The van der Waals surface area contributed by atoms with E-state index in [9.17, 15) is 4.79 Å². The number of carbonyl (C=O) groups excluding carboxylic acids is 1. The lowest BCUT2D eigenvalue weighted by Gasteiger charge is -2.13. The number of carbonyl (C=O) groups is 1. The van der Waals surface area contributed by atoms with Crippen molar-refractivity contribution in [1.29, 1.82) is 0 Å². The Bertz CT molecular complexity index is 1490. The number of nitrogens with zero attached hydrogens (tertiary/aromatic N) is 1. The number of fused-ring (bicyclic) bond motifs is 4. The van der Waals surface area contributed by atoms with Gasteiger partial charge in [0.05, 0.1) is 11.0 Å². The highest BCUT2D eigenvalue weighted by Gasteiger charge is 2.18. The number of unbranched alkanes of at least 4 members (excludes halogenated alkanes) is 2. The van der Waals surface area contributed by atoms with Crippen molar-refractivity contribution in [1.82, 2.24) is 4.57 Å². The number of amides is 1. The molecule has 1 amide bonds. The average molecular weight is 434 g/mol. The van der Waals surface area contributed by atoms with Gasteiger partial charge >= 0.3 is 0 Å². The first-order valence-corrected chi connectivity index (χ1v) is 11.8. The van der Waals surface area contributed by atoms with Crippen LogP contribution in [-0.2, 0) is 13.0 Å². The zero-order valence-corrected chi connectivity index (χ0v) is 19.3. The molecule has 0 atom stereocenters. The summed E-state index contributed by atoms with van der Waals surface area (Å²) in [5.41, 5.74) is 12.3. The van der Waals surface area contributed by atoms with E-state index < -0.39 is 5.91 Å². The van der Waals surface area contributed by atoms with E-state index >= 15 is 0 Å². The standard InChI is InChI=1S/C30H29N2O/c1-3-4-5-9-21-15-17-25-28(18-21)32(27-13-8-12-26(29(25)27)30(31)33)19-22-16-14-20(2)23-10-6-7-11-24(22)23/h6-8,10-16,18H,3-5,9,19H2,1-2H3,(H2,31,33). The van der Waals surface area contributed by atoms with Crippen LogP contribution in [0.15, 0.2) is 66.7 Å². The largest absolute Gasteiger partial charge is 0.366 e. The summed E-state index contributed by atoms with van der Waals surface area (Å²) in [6.45, 7) is 5.10. The van der Waals surface area contributed by atoms with Crippen molar-refractivity contribution in [2.24, 2.45) is 5.73 Å². The maximum Gasteiger partial charge on any atom is 0.249 e. The molecule has 5 aromatic rings. The number of hydrogen-bond acceptors (Lipinski definition) is 1. The molecule has 33 heavy (non-hydrogen) atoms. The number of primary amides is 1. The zero-order chi connectivity index (χ0) is 22.9. The number of rotatable bonds is 7. The molecule has 1 heterocycles. The summed E-state index contributed by atoms with van der Waals surface area (Å²) in [4.78, 5) is 12.3. The summed E-state index contributed by atoms with van der Waals surface area (Å²) >= 11 is 0. The third-order valence-corrected chi connectivity index (χ3v) is 6.75. The fourth-order valence-corrected chi connectivity index (χ4v) is 5.02. The molecule has 0 spiro atoms. The summed E-state index contributed by atoms with van der Waals surface area (Å²) < 4.78 is 2.33. The van der Waals surface area contributed by atoms with Gasteiger partial charge in [0, 0.05) is 22.9 Å². The lowest BCUT2D eigenvalue weighted by molar-refractivity contribution is 0.100. The number of hydrogen-bond donors (Lipinski definition) is 1. The molecule has 2 N–H and O–H groups in total. The highest BCUT2D eigenvalue weighted by Crippen LogP contribution is 2.34. The molecule has 3 heteroatoms. The van der Waals surface area contributed by atoms with Crippen molar-refractivity contribution in [2.75, 3.05) is 0 Å². The molecular formula is C30H29N2O. The van der Waals surface area contributed by atoms with Crippen LogP contribution in [0.3, 0.4) is 0 Å². The quantitative estimate of drug-likeness (QED) is 0.278. The van der Waals surface area contributed by atoms with Crippen LogP contribution in [0.25, 0.3) is 32.6 Å². The van der Waals surface area contributed by atoms with E-state index in [4.69, 9.17) is 5.73 Å². The van der Waals surface area contributed by atoms with E-state index in [0.29, 0.717) is 5.56 Å². The lowest BCUT2D eigenvalue weighted by Crippen LogP contribution is -2.11. The van der Waals surface area contributed by atoms with E-state index in [1.54, 1.807) is 0 Å². The van der Waals surface area contributed by atoms with Crippen LogP contribution in [0.5, 0.6) is 0 Å². The van der Waals surface area contributed by atoms with Gasteiger partial charge in [-0.15, -0.1) is 0 Å². The van der Waals surface area contributed by atoms with Gasteiger partial charge in [-0.3, -0.25) is 4.79 Å². The molecule has 0 aliphatic heterocycles. The van der Waals surface area contributed by atoms with E-state index in [1.807, 2.05) is 12.1 Å². The number of benzene rings is 4. The van der Waals surface area contributed by atoms with Gasteiger partial charge in [0.1, 0.15) is 0 Å². The van der Waals surface area contributed by atoms with Crippen molar-refractivity contribution in [3.05, 3.63) is 95.1 Å². The van der Waals surface area contributed by atoms with Crippen LogP contribution in [0.2, 0.25) is 0 Å². The van der Waals surface area contributed by atoms with Gasteiger partial charge in [-0.1, -0.05) is 68.3 Å². The third-order valence-electron chi connectivity index (χ3n) is 6.75. The SMILES string of the molecule is CCCCCc1c[c]c2c3c(C(N)=O)cccc3n(Cc3ccc(C)c4ccccc34)c2c1. The molecule has 4 aromatic carbocycles. The van der Waals surface area contributed by atoms with Crippen LogP contribution in [0, 0.1) is 13.0 Å². The molecule has 0 fully saturated rings. The summed E-state index contributed by atoms with van der Waals surface area (Å²) in [5.74, 6) is -0.402. The van der Waals surface area contributed by atoms with E-state index in [0.717, 1.165) is 34.8 Å². The molecule has 0 aliphatic rings. The smallest absolute Gasteiger partial charge is 0.249 e. The molecule has 0 saturated heterocycles. The molecule has 1 aromatic heterocycles. The maximum atomic E-state index is 12.3. The van der Waals surface area contributed by atoms with Gasteiger partial charge in [-0.05, 0) is 71.5 Å². The van der Waals surface area contributed by atoms with Crippen molar-refractivity contribution in [2.45, 2.75) is 46.1 Å². The number of aryl methyl sites for hydroxylation is 2. The van der Waals surface area contributed by atoms with Crippen molar-refractivity contribution >= 4 is 38.5 Å². The number of nitrogens with two attached hydrogens (primary N) is 1. The highest BCUT2D eigenvalue weighted by molar-refractivity contribution is 6.17. The van der Waals surface area contributed by atoms with Crippen molar-refractivity contribution < 1.29 is 4.79 Å². The van der Waals surface area contributed by atoms with E-state index in [1.165, 1.54) is 46.7 Å². The predicted molar refractivity (Wildman–Crippen MR) is 138 cm³/mol. The number of aromatic nitrogens is 1. The Balaban J connectivity index is 1.74. The molecular weight excluding hydrogens is 404 g/mol. The van der Waals surface area contributed by atoms with Crippen molar-refractivity contribution in [3.8, 4) is 0 Å². The van der Waals surface area contributed by atoms with Crippen molar-refractivity contribution in [3.63, 3.8) is 0 Å². The minimum Gasteiger partial charge on any atom is -0.366 e. The Morgan fingerprint density at radius 1 is 0.970 bits per heavy atom. The summed E-state index contributed by atoms with van der Waals surface area (Å²) in [6, 6.07) is 26.7. The van der Waals surface area contributed by atoms with Crippen LogP contribution in [0.4, 0.5) is 0 Å². The summed E-state index contributed by atoms with van der Waals surface area (Å²) in [5, 5.41) is 4.41. The topological polar surface area (TPSA) is 48.0 Å². The monoisotopic (exact) mass is 433 g/mol. The zero-order valence-electron chi connectivity index (χ0n) is 19.3. The van der Waals surface area contributed by atoms with Gasteiger partial charge in [0.25, 0.3) is 0 Å². The molecule has 0 bridgehead atoms. The first kappa shape index (κ1) is 21.3. The molecule has 3 nitrogen and oxygen atoms in total. The van der Waals surface area contributed by atoms with Gasteiger partial charge in [-0.25, -0.2) is 0 Å². The van der Waals surface area contributed by atoms with Gasteiger partial charge in [0.2, 0.25) is 5.91 Å². The summed E-state index contributed by atoms with van der Waals surface area (Å²) in [6.07, 6.45) is 4.64.